The van der Waals surface area contributed by atoms with Gasteiger partial charge in [0.05, 0.1) is 41.6 Å². The average molecular weight is 1090 g/mol. The van der Waals surface area contributed by atoms with E-state index in [0.717, 1.165) is 77.2 Å². The van der Waals surface area contributed by atoms with E-state index < -0.39 is 34.0 Å². The van der Waals surface area contributed by atoms with Crippen LogP contribution in [0.3, 0.4) is 0 Å². The van der Waals surface area contributed by atoms with Crippen LogP contribution in [-0.4, -0.2) is 26.0 Å². The highest BCUT2D eigenvalue weighted by Crippen LogP contribution is 2.55. The van der Waals surface area contributed by atoms with Crippen molar-refractivity contribution >= 4 is 109 Å². The smallest absolute Gasteiger partial charge is 0.208 e. The SMILES string of the molecule is O=P1(c2ccc(-c3c4c5ccccc5n(-c5ccccc5)c4c(-c4ccc(P5(=O)c6ccccc6S(=O)(=O)c6ccccc65)cc4)c4c5ccccc5n(-c5ccccc5)c34)cc2)c2ccccc2S(=O)(=O)c2ccccc21. The van der Waals surface area contributed by atoms with Crippen LogP contribution in [-0.2, 0) is 28.8 Å². The number of fused-ring (bicyclic) bond motifs is 10. The molecule has 0 atom stereocenters. The van der Waals surface area contributed by atoms with Crippen molar-refractivity contribution < 1.29 is 26.0 Å². The molecule has 13 aromatic rings. The summed E-state index contributed by atoms with van der Waals surface area (Å²) in [5.74, 6) is 0. The van der Waals surface area contributed by atoms with Crippen molar-refractivity contribution in [3.05, 3.63) is 255 Å². The van der Waals surface area contributed by atoms with Gasteiger partial charge in [0, 0.05) is 75.9 Å². The third kappa shape index (κ3) is 6.28. The quantitative estimate of drug-likeness (QED) is 0.153. The first-order chi connectivity index (χ1) is 38.0. The molecule has 2 aliphatic heterocycles. The van der Waals surface area contributed by atoms with E-state index in [2.05, 4.69) is 81.9 Å². The van der Waals surface area contributed by atoms with Gasteiger partial charge in [0.1, 0.15) is 0 Å². The maximum Gasteiger partial charge on any atom is 0.208 e. The lowest BCUT2D eigenvalue weighted by molar-refractivity contribution is 0.585. The van der Waals surface area contributed by atoms with Gasteiger partial charge < -0.3 is 18.3 Å². The minimum absolute atomic E-state index is 0.0536. The number of hydrogen-bond donors (Lipinski definition) is 0. The Morgan fingerprint density at radius 2 is 0.577 bits per heavy atom. The van der Waals surface area contributed by atoms with E-state index in [9.17, 15) is 16.8 Å². The molecule has 0 saturated heterocycles. The second-order valence-electron chi connectivity index (χ2n) is 19.8. The number of hydrogen-bond acceptors (Lipinski definition) is 6. The number of benzene rings is 11. The Bertz CT molecular complexity index is 4620. The Morgan fingerprint density at radius 3 is 0.910 bits per heavy atom. The Morgan fingerprint density at radius 1 is 0.295 bits per heavy atom. The summed E-state index contributed by atoms with van der Waals surface area (Å²) in [5.41, 5.74) is 9.26. The highest BCUT2D eigenvalue weighted by atomic mass is 32.2. The van der Waals surface area contributed by atoms with Crippen LogP contribution < -0.4 is 31.8 Å². The molecule has 0 unspecified atom stereocenters. The zero-order chi connectivity index (χ0) is 52.7. The van der Waals surface area contributed by atoms with Crippen LogP contribution in [0.15, 0.2) is 274 Å². The largest absolute Gasteiger partial charge is 0.309 e. The highest BCUT2D eigenvalue weighted by molar-refractivity contribution is 7.97. The van der Waals surface area contributed by atoms with Crippen LogP contribution in [0.1, 0.15) is 0 Å². The topological polar surface area (TPSA) is 112 Å². The monoisotopic (exact) mass is 1080 g/mol. The fraction of sp³-hybridized carbons (Fsp3) is 0. The standard InChI is InChI=1S/C66H42N2O6P2S2/c69-75(53-27-11-15-31-57(53)77(71,72)58-32-16-12-28-54(58)75)47-39-35-43(36-40-47)61-64-50-24-8-10-26-52(50)68(46-21-5-2-6-22-46)66(64)62(63-49-23-7-9-25-51(49)67(65(61)63)45-19-3-1-4-20-45)44-37-41-48(42-38-44)76(70)55-29-13-17-33-59(55)78(73,74)60-34-18-14-30-56(60)76/h1-42H. The highest BCUT2D eigenvalue weighted by Gasteiger charge is 2.45. The van der Waals surface area contributed by atoms with Crippen molar-refractivity contribution in [3.63, 3.8) is 0 Å². The van der Waals surface area contributed by atoms with Gasteiger partial charge in [0.15, 0.2) is 14.3 Å². The number of rotatable bonds is 6. The van der Waals surface area contributed by atoms with Crippen LogP contribution in [0.4, 0.5) is 0 Å². The van der Waals surface area contributed by atoms with E-state index in [1.165, 1.54) is 0 Å². The zero-order valence-corrected chi connectivity index (χ0v) is 44.7. The van der Waals surface area contributed by atoms with E-state index in [4.69, 9.17) is 0 Å². The summed E-state index contributed by atoms with van der Waals surface area (Å²) in [6.07, 6.45) is 0. The maximum atomic E-state index is 16.1. The lowest BCUT2D eigenvalue weighted by atomic mass is 9.90. The zero-order valence-electron chi connectivity index (χ0n) is 41.3. The first kappa shape index (κ1) is 46.7. The van der Waals surface area contributed by atoms with Crippen molar-refractivity contribution in [2.45, 2.75) is 19.6 Å². The van der Waals surface area contributed by atoms with E-state index >= 15 is 9.13 Å². The Hall–Kier alpha value is -8.62. The molecule has 0 fully saturated rings. The summed E-state index contributed by atoms with van der Waals surface area (Å²) in [7, 11) is -15.4. The maximum absolute atomic E-state index is 16.1. The fourth-order valence-electron chi connectivity index (χ4n) is 12.5. The van der Waals surface area contributed by atoms with Gasteiger partial charge in [-0.3, -0.25) is 0 Å². The van der Waals surface area contributed by atoms with E-state index in [1.54, 1.807) is 97.1 Å². The fourth-order valence-corrected chi connectivity index (χ4v) is 23.8. The van der Waals surface area contributed by atoms with E-state index in [-0.39, 0.29) is 19.6 Å². The molecule has 2 aromatic heterocycles. The third-order valence-corrected chi connectivity index (χ3v) is 26.4. The molecule has 78 heavy (non-hydrogen) atoms. The predicted molar refractivity (Wildman–Crippen MR) is 316 cm³/mol. The van der Waals surface area contributed by atoms with E-state index in [0.29, 0.717) is 31.8 Å². The number of para-hydroxylation sites is 4. The first-order valence-corrected chi connectivity index (χ1v) is 31.8. The second-order valence-corrected chi connectivity index (χ2v) is 28.9. The van der Waals surface area contributed by atoms with Crippen LogP contribution in [0, 0.1) is 0 Å². The molecular formula is C66H42N2O6P2S2. The summed E-state index contributed by atoms with van der Waals surface area (Å²) in [5, 5.41) is 6.11. The van der Waals surface area contributed by atoms with Crippen LogP contribution in [0.25, 0.3) is 77.2 Å². The van der Waals surface area contributed by atoms with Crippen molar-refractivity contribution in [1.82, 2.24) is 9.13 Å². The van der Waals surface area contributed by atoms with Gasteiger partial charge in [-0.2, -0.15) is 0 Å². The van der Waals surface area contributed by atoms with Gasteiger partial charge in [-0.1, -0.05) is 170 Å². The van der Waals surface area contributed by atoms with Gasteiger partial charge in [0.2, 0.25) is 19.7 Å². The Kier molecular flexibility index (Phi) is 10.1. The van der Waals surface area contributed by atoms with E-state index in [1.807, 2.05) is 84.9 Å². The lowest BCUT2D eigenvalue weighted by Gasteiger charge is -2.29. The third-order valence-electron chi connectivity index (χ3n) is 15.8. The Balaban J connectivity index is 1.07. The molecule has 12 heteroatoms. The molecule has 0 aliphatic carbocycles. The lowest BCUT2D eigenvalue weighted by Crippen LogP contribution is -2.36. The number of nitrogens with zero attached hydrogens (tertiary/aromatic N) is 2. The molecule has 0 N–H and O–H groups in total. The Labute approximate surface area is 449 Å². The minimum atomic E-state index is -3.95. The van der Waals surface area contributed by atoms with Crippen LogP contribution in [0.2, 0.25) is 0 Å². The molecule has 15 rings (SSSR count). The molecule has 11 aromatic carbocycles. The minimum Gasteiger partial charge on any atom is -0.309 e. The summed E-state index contributed by atoms with van der Waals surface area (Å²) in [6, 6.07) is 79.9. The van der Waals surface area contributed by atoms with Crippen molar-refractivity contribution in [2.24, 2.45) is 0 Å². The first-order valence-electron chi connectivity index (χ1n) is 25.5. The molecule has 0 radical (unpaired) electrons. The second kappa shape index (κ2) is 16.9. The van der Waals surface area contributed by atoms with Gasteiger partial charge in [0.25, 0.3) is 0 Å². The van der Waals surface area contributed by atoms with Crippen LogP contribution in [0.5, 0.6) is 0 Å². The summed E-state index contributed by atoms with van der Waals surface area (Å²) >= 11 is 0. The van der Waals surface area contributed by atoms with Crippen molar-refractivity contribution in [2.75, 3.05) is 0 Å². The molecule has 2 aliphatic rings. The van der Waals surface area contributed by atoms with Crippen molar-refractivity contribution in [3.8, 4) is 33.6 Å². The normalized spacial score (nSPS) is 15.4. The molecule has 4 heterocycles. The average Bonchev–Trinajstić information content (AvgIpc) is 3.72. The number of aromatic nitrogens is 2. The molecular weight excluding hydrogens is 1040 g/mol. The summed E-state index contributed by atoms with van der Waals surface area (Å²) in [4.78, 5) is 0.214. The number of sulfone groups is 2. The van der Waals surface area contributed by atoms with Gasteiger partial charge in [-0.05, 0) is 96.1 Å². The van der Waals surface area contributed by atoms with Gasteiger partial charge in [-0.15, -0.1) is 0 Å². The van der Waals surface area contributed by atoms with Gasteiger partial charge in [-0.25, -0.2) is 16.8 Å². The molecule has 374 valence electrons. The van der Waals surface area contributed by atoms with Gasteiger partial charge >= 0.3 is 0 Å². The molecule has 0 saturated carbocycles. The molecule has 8 nitrogen and oxygen atoms in total. The summed E-state index contributed by atoms with van der Waals surface area (Å²) in [6.45, 7) is 0. The molecule has 0 amide bonds. The molecule has 0 bridgehead atoms. The molecule has 0 spiro atoms. The van der Waals surface area contributed by atoms with Crippen LogP contribution >= 0.6 is 14.3 Å². The predicted octanol–water partition coefficient (Wildman–Crippen LogP) is 12.8. The van der Waals surface area contributed by atoms with Crippen molar-refractivity contribution in [1.29, 1.82) is 0 Å². The summed E-state index contributed by atoms with van der Waals surface area (Å²) < 4.78 is 93.4.